The van der Waals surface area contributed by atoms with Gasteiger partial charge in [0.15, 0.2) is 0 Å². The second-order valence-electron chi connectivity index (χ2n) is 4.04. The van der Waals surface area contributed by atoms with Crippen LogP contribution in [0.2, 0.25) is 0 Å². The average molecular weight is 256 g/mol. The Bertz CT molecular complexity index is 417. The molecule has 1 atom stereocenters. The van der Waals surface area contributed by atoms with Crippen LogP contribution in [0.3, 0.4) is 0 Å². The number of rotatable bonds is 7. The monoisotopic (exact) mass is 256 g/mol. The van der Waals surface area contributed by atoms with Gasteiger partial charge in [0.05, 0.1) is 5.75 Å². The van der Waals surface area contributed by atoms with Gasteiger partial charge in [-0.2, -0.15) is 0 Å². The molecule has 0 bridgehead atoms. The summed E-state index contributed by atoms with van der Waals surface area (Å²) in [5.74, 6) is 0.499. The van der Waals surface area contributed by atoms with Crippen molar-refractivity contribution >= 4 is 10.0 Å². The van der Waals surface area contributed by atoms with E-state index in [1.54, 1.807) is 0 Å². The normalized spacial score (nSPS) is 13.5. The van der Waals surface area contributed by atoms with Crippen molar-refractivity contribution < 1.29 is 8.42 Å². The van der Waals surface area contributed by atoms with Crippen LogP contribution in [-0.2, 0) is 10.0 Å². The summed E-state index contributed by atoms with van der Waals surface area (Å²) in [6.45, 7) is 3.37. The van der Waals surface area contributed by atoms with Crippen LogP contribution in [0.25, 0.3) is 0 Å². The summed E-state index contributed by atoms with van der Waals surface area (Å²) in [5.41, 5.74) is 1.26. The van der Waals surface area contributed by atoms with Crippen molar-refractivity contribution in [2.24, 2.45) is 0 Å². The fourth-order valence-electron chi connectivity index (χ4n) is 1.53. The zero-order valence-corrected chi connectivity index (χ0v) is 11.1. The molecule has 0 aliphatic carbocycles. The van der Waals surface area contributed by atoms with E-state index in [4.69, 9.17) is 0 Å². The molecule has 1 rings (SSSR count). The van der Waals surface area contributed by atoms with Gasteiger partial charge in [0.1, 0.15) is 0 Å². The van der Waals surface area contributed by atoms with Crippen LogP contribution in [0.1, 0.15) is 18.4 Å². The van der Waals surface area contributed by atoms with E-state index in [0.29, 0.717) is 12.5 Å². The maximum atomic E-state index is 11.2. The lowest BCUT2D eigenvalue weighted by atomic mass is 10.0. The Morgan fingerprint density at radius 3 is 2.47 bits per heavy atom. The minimum absolute atomic E-state index is 0.116. The Morgan fingerprint density at radius 1 is 1.24 bits per heavy atom. The lowest BCUT2D eigenvalue weighted by Crippen LogP contribution is -2.31. The van der Waals surface area contributed by atoms with Crippen LogP contribution in [-0.4, -0.2) is 34.3 Å². The Balaban J connectivity index is 2.28. The Hall–Kier alpha value is -0.910. The highest BCUT2D eigenvalue weighted by atomic mass is 32.2. The number of hydrogen-bond acceptors (Lipinski definition) is 3. The van der Waals surface area contributed by atoms with E-state index in [1.807, 2.05) is 18.2 Å². The molecule has 96 valence electrons. The van der Waals surface area contributed by atoms with Crippen LogP contribution in [0.4, 0.5) is 0 Å². The van der Waals surface area contributed by atoms with Gasteiger partial charge in [0, 0.05) is 13.1 Å². The third-order valence-corrected chi connectivity index (χ3v) is 4.04. The molecule has 1 aromatic carbocycles. The third-order valence-electron chi connectivity index (χ3n) is 2.68. The molecule has 5 heteroatoms. The lowest BCUT2D eigenvalue weighted by molar-refractivity contribution is 0.578. The topological polar surface area (TPSA) is 58.2 Å². The van der Waals surface area contributed by atoms with E-state index >= 15 is 0 Å². The molecule has 0 saturated heterocycles. The first-order chi connectivity index (χ1) is 8.05. The van der Waals surface area contributed by atoms with Crippen LogP contribution >= 0.6 is 0 Å². The average Bonchev–Trinajstić information content (AvgIpc) is 2.35. The quantitative estimate of drug-likeness (QED) is 0.714. The summed E-state index contributed by atoms with van der Waals surface area (Å²) in [6.07, 6.45) is 0. The molecule has 0 aromatic heterocycles. The summed E-state index contributed by atoms with van der Waals surface area (Å²) < 4.78 is 24.6. The largest absolute Gasteiger partial charge is 0.315 e. The molecule has 0 fully saturated rings. The van der Waals surface area contributed by atoms with Crippen molar-refractivity contribution in [3.05, 3.63) is 35.9 Å². The second-order valence-corrected chi connectivity index (χ2v) is 6.08. The molecular weight excluding hydrogens is 236 g/mol. The first-order valence-electron chi connectivity index (χ1n) is 5.72. The molecule has 4 nitrogen and oxygen atoms in total. The standard InChI is InChI=1S/C12H20N2O2S/c1-11(12-6-4-3-5-7-12)10-14-8-9-17(15,16)13-2/h3-7,11,13-14H,8-10H2,1-2H3. The molecule has 1 aromatic rings. The van der Waals surface area contributed by atoms with E-state index in [1.165, 1.54) is 12.6 Å². The summed E-state index contributed by atoms with van der Waals surface area (Å²) in [7, 11) is -1.66. The molecule has 2 N–H and O–H groups in total. The summed E-state index contributed by atoms with van der Waals surface area (Å²) in [4.78, 5) is 0. The van der Waals surface area contributed by atoms with Gasteiger partial charge in [0.2, 0.25) is 10.0 Å². The first-order valence-corrected chi connectivity index (χ1v) is 7.37. The maximum absolute atomic E-state index is 11.2. The van der Waals surface area contributed by atoms with Crippen LogP contribution in [0.5, 0.6) is 0 Å². The molecule has 0 spiro atoms. The van der Waals surface area contributed by atoms with Crippen LogP contribution in [0, 0.1) is 0 Å². The first kappa shape index (κ1) is 14.2. The summed E-state index contributed by atoms with van der Waals surface area (Å²) in [6, 6.07) is 10.2. The number of hydrogen-bond donors (Lipinski definition) is 2. The molecule has 17 heavy (non-hydrogen) atoms. The van der Waals surface area contributed by atoms with Gasteiger partial charge in [-0.15, -0.1) is 0 Å². The summed E-state index contributed by atoms with van der Waals surface area (Å²) >= 11 is 0. The highest BCUT2D eigenvalue weighted by Crippen LogP contribution is 2.12. The van der Waals surface area contributed by atoms with Gasteiger partial charge in [0.25, 0.3) is 0 Å². The predicted octanol–water partition coefficient (Wildman–Crippen LogP) is 0.929. The number of nitrogens with one attached hydrogen (secondary N) is 2. The molecule has 0 amide bonds. The van der Waals surface area contributed by atoms with Crippen LogP contribution in [0.15, 0.2) is 30.3 Å². The fraction of sp³-hybridized carbons (Fsp3) is 0.500. The third kappa shape index (κ3) is 5.30. The summed E-state index contributed by atoms with van der Waals surface area (Å²) in [5, 5.41) is 3.15. The Morgan fingerprint density at radius 2 is 1.88 bits per heavy atom. The minimum Gasteiger partial charge on any atom is -0.315 e. The molecule has 0 aliphatic rings. The van der Waals surface area contributed by atoms with Crippen molar-refractivity contribution in [2.75, 3.05) is 25.9 Å². The van der Waals surface area contributed by atoms with Gasteiger partial charge in [-0.25, -0.2) is 13.1 Å². The molecule has 0 radical (unpaired) electrons. The minimum atomic E-state index is -3.09. The molecule has 0 heterocycles. The zero-order valence-electron chi connectivity index (χ0n) is 10.3. The molecule has 0 aliphatic heterocycles. The van der Waals surface area contributed by atoms with Crippen LogP contribution < -0.4 is 10.0 Å². The van der Waals surface area contributed by atoms with E-state index in [0.717, 1.165) is 6.54 Å². The van der Waals surface area contributed by atoms with Crippen molar-refractivity contribution in [3.63, 3.8) is 0 Å². The van der Waals surface area contributed by atoms with Crippen molar-refractivity contribution in [3.8, 4) is 0 Å². The molecule has 1 unspecified atom stereocenters. The van der Waals surface area contributed by atoms with Crippen molar-refractivity contribution in [1.82, 2.24) is 10.0 Å². The van der Waals surface area contributed by atoms with Gasteiger partial charge >= 0.3 is 0 Å². The van der Waals surface area contributed by atoms with E-state index < -0.39 is 10.0 Å². The smallest absolute Gasteiger partial charge is 0.212 e. The highest BCUT2D eigenvalue weighted by molar-refractivity contribution is 7.89. The zero-order chi connectivity index (χ0) is 12.7. The Kier molecular flexibility index (Phi) is 5.61. The van der Waals surface area contributed by atoms with Crippen molar-refractivity contribution in [2.45, 2.75) is 12.8 Å². The SMILES string of the molecule is CNS(=O)(=O)CCNCC(C)c1ccccc1. The van der Waals surface area contributed by atoms with Crippen molar-refractivity contribution in [1.29, 1.82) is 0 Å². The maximum Gasteiger partial charge on any atom is 0.212 e. The van der Waals surface area contributed by atoms with E-state index in [2.05, 4.69) is 29.1 Å². The van der Waals surface area contributed by atoms with Gasteiger partial charge in [-0.3, -0.25) is 0 Å². The van der Waals surface area contributed by atoms with Gasteiger partial charge < -0.3 is 5.32 Å². The predicted molar refractivity (Wildman–Crippen MR) is 70.6 cm³/mol. The molecule has 0 saturated carbocycles. The van der Waals surface area contributed by atoms with Gasteiger partial charge in [-0.1, -0.05) is 37.3 Å². The fourth-order valence-corrected chi connectivity index (χ4v) is 2.14. The molecular formula is C12H20N2O2S. The number of sulfonamides is 1. The Labute approximate surface area is 103 Å². The van der Waals surface area contributed by atoms with Gasteiger partial charge in [-0.05, 0) is 18.5 Å². The van der Waals surface area contributed by atoms with E-state index in [-0.39, 0.29) is 5.75 Å². The number of benzene rings is 1. The second kappa shape index (κ2) is 6.74. The lowest BCUT2D eigenvalue weighted by Gasteiger charge is -2.12. The van der Waals surface area contributed by atoms with E-state index in [9.17, 15) is 8.42 Å². The highest BCUT2D eigenvalue weighted by Gasteiger charge is 2.07.